The van der Waals surface area contributed by atoms with Crippen molar-refractivity contribution in [1.29, 1.82) is 0 Å². The minimum absolute atomic E-state index is 0.396. The van der Waals surface area contributed by atoms with Crippen molar-refractivity contribution < 1.29 is 0 Å². The average Bonchev–Trinajstić information content (AvgIpc) is 2.37. The molecule has 0 aliphatic heterocycles. The van der Waals surface area contributed by atoms with Crippen LogP contribution < -0.4 is 10.6 Å². The Kier molecular flexibility index (Phi) is 6.56. The van der Waals surface area contributed by atoms with Crippen molar-refractivity contribution in [2.24, 2.45) is 0 Å². The third kappa shape index (κ3) is 5.03. The van der Waals surface area contributed by atoms with E-state index in [4.69, 9.17) is 0 Å². The standard InChI is InChI=1S/C14H27N5/c1-11(2)12-13(15-3)17-10-18-14(12)16-8-6-7-9-19(4)5/h10-11H,6-9H2,1-5H3,(H2,15,16,17,18). The van der Waals surface area contributed by atoms with E-state index in [0.29, 0.717) is 5.92 Å². The Balaban J connectivity index is 2.58. The first-order valence-electron chi connectivity index (χ1n) is 6.97. The van der Waals surface area contributed by atoms with E-state index >= 15 is 0 Å². The number of hydrogen-bond acceptors (Lipinski definition) is 5. The molecule has 0 saturated carbocycles. The van der Waals surface area contributed by atoms with Crippen molar-refractivity contribution in [3.8, 4) is 0 Å². The van der Waals surface area contributed by atoms with Gasteiger partial charge in [-0.05, 0) is 39.4 Å². The smallest absolute Gasteiger partial charge is 0.134 e. The largest absolute Gasteiger partial charge is 0.373 e. The van der Waals surface area contributed by atoms with Crippen LogP contribution in [0.25, 0.3) is 0 Å². The third-order valence-electron chi connectivity index (χ3n) is 3.02. The van der Waals surface area contributed by atoms with Crippen LogP contribution in [0.15, 0.2) is 6.33 Å². The summed E-state index contributed by atoms with van der Waals surface area (Å²) in [6, 6.07) is 0. The van der Waals surface area contributed by atoms with Crippen molar-refractivity contribution in [3.05, 3.63) is 11.9 Å². The SMILES string of the molecule is CNc1ncnc(NCCCCN(C)C)c1C(C)C. The normalized spacial score (nSPS) is 11.1. The average molecular weight is 265 g/mol. The summed E-state index contributed by atoms with van der Waals surface area (Å²) in [5.41, 5.74) is 1.16. The predicted octanol–water partition coefficient (Wildman–Crippen LogP) is 2.40. The van der Waals surface area contributed by atoms with Crippen LogP contribution in [0.4, 0.5) is 11.6 Å². The molecule has 0 radical (unpaired) electrons. The number of nitrogens with zero attached hydrogens (tertiary/aromatic N) is 3. The van der Waals surface area contributed by atoms with Crippen molar-refractivity contribution in [3.63, 3.8) is 0 Å². The minimum atomic E-state index is 0.396. The molecule has 0 aliphatic carbocycles. The van der Waals surface area contributed by atoms with Gasteiger partial charge in [-0.3, -0.25) is 0 Å². The van der Waals surface area contributed by atoms with Gasteiger partial charge in [-0.15, -0.1) is 0 Å². The molecular weight excluding hydrogens is 238 g/mol. The Hall–Kier alpha value is -1.36. The fraction of sp³-hybridized carbons (Fsp3) is 0.714. The molecule has 108 valence electrons. The Morgan fingerprint density at radius 1 is 1.16 bits per heavy atom. The third-order valence-corrected chi connectivity index (χ3v) is 3.02. The second-order valence-corrected chi connectivity index (χ2v) is 5.33. The molecule has 1 aromatic rings. The number of unbranched alkanes of at least 4 members (excludes halogenated alkanes) is 1. The lowest BCUT2D eigenvalue weighted by Crippen LogP contribution is -2.15. The molecule has 5 heteroatoms. The molecule has 0 spiro atoms. The van der Waals surface area contributed by atoms with Gasteiger partial charge < -0.3 is 15.5 Å². The lowest BCUT2D eigenvalue weighted by molar-refractivity contribution is 0.396. The molecule has 5 nitrogen and oxygen atoms in total. The second kappa shape index (κ2) is 7.94. The lowest BCUT2D eigenvalue weighted by Gasteiger charge is -2.16. The highest BCUT2D eigenvalue weighted by molar-refractivity contribution is 5.58. The summed E-state index contributed by atoms with van der Waals surface area (Å²) in [6.07, 6.45) is 3.95. The van der Waals surface area contributed by atoms with Gasteiger partial charge in [0.05, 0.1) is 0 Å². The highest BCUT2D eigenvalue weighted by Crippen LogP contribution is 2.27. The highest BCUT2D eigenvalue weighted by atomic mass is 15.1. The molecule has 2 N–H and O–H groups in total. The molecule has 0 saturated heterocycles. The number of aromatic nitrogens is 2. The number of nitrogens with one attached hydrogen (secondary N) is 2. The summed E-state index contributed by atoms with van der Waals surface area (Å²) < 4.78 is 0. The minimum Gasteiger partial charge on any atom is -0.373 e. The van der Waals surface area contributed by atoms with Gasteiger partial charge in [-0.25, -0.2) is 9.97 Å². The van der Waals surface area contributed by atoms with Crippen molar-refractivity contribution in [2.75, 3.05) is 44.9 Å². The maximum atomic E-state index is 4.37. The molecule has 0 unspecified atom stereocenters. The van der Waals surface area contributed by atoms with Gasteiger partial charge in [0.15, 0.2) is 0 Å². The van der Waals surface area contributed by atoms with Gasteiger partial charge in [-0.1, -0.05) is 13.8 Å². The van der Waals surface area contributed by atoms with E-state index in [-0.39, 0.29) is 0 Å². The zero-order valence-electron chi connectivity index (χ0n) is 12.8. The molecule has 0 aromatic carbocycles. The molecule has 1 rings (SSSR count). The Bertz CT molecular complexity index is 376. The van der Waals surface area contributed by atoms with Crippen LogP contribution in [0.1, 0.15) is 38.2 Å². The van der Waals surface area contributed by atoms with E-state index < -0.39 is 0 Å². The maximum Gasteiger partial charge on any atom is 0.134 e. The molecule has 0 amide bonds. The predicted molar refractivity (Wildman–Crippen MR) is 81.9 cm³/mol. The molecule has 1 heterocycles. The quantitative estimate of drug-likeness (QED) is 0.707. The fourth-order valence-electron chi connectivity index (χ4n) is 2.04. The lowest BCUT2D eigenvalue weighted by atomic mass is 10.0. The fourth-order valence-corrected chi connectivity index (χ4v) is 2.04. The van der Waals surface area contributed by atoms with Crippen LogP contribution in [0.5, 0.6) is 0 Å². The van der Waals surface area contributed by atoms with Crippen LogP contribution >= 0.6 is 0 Å². The first-order chi connectivity index (χ1) is 9.06. The van der Waals surface area contributed by atoms with E-state index in [2.05, 4.69) is 53.4 Å². The second-order valence-electron chi connectivity index (χ2n) is 5.33. The molecule has 19 heavy (non-hydrogen) atoms. The van der Waals surface area contributed by atoms with Crippen molar-refractivity contribution >= 4 is 11.6 Å². The summed E-state index contributed by atoms with van der Waals surface area (Å²) >= 11 is 0. The first-order valence-corrected chi connectivity index (χ1v) is 6.97. The first kappa shape index (κ1) is 15.7. The monoisotopic (exact) mass is 265 g/mol. The Morgan fingerprint density at radius 3 is 2.42 bits per heavy atom. The van der Waals surface area contributed by atoms with Gasteiger partial charge in [0.2, 0.25) is 0 Å². The van der Waals surface area contributed by atoms with Crippen LogP contribution in [0.3, 0.4) is 0 Å². The van der Waals surface area contributed by atoms with E-state index in [0.717, 1.165) is 36.7 Å². The van der Waals surface area contributed by atoms with Crippen LogP contribution in [-0.2, 0) is 0 Å². The Morgan fingerprint density at radius 2 is 1.84 bits per heavy atom. The molecule has 1 aromatic heterocycles. The van der Waals surface area contributed by atoms with E-state index in [9.17, 15) is 0 Å². The summed E-state index contributed by atoms with van der Waals surface area (Å²) in [6.45, 7) is 6.41. The van der Waals surface area contributed by atoms with Gasteiger partial charge >= 0.3 is 0 Å². The molecule has 0 atom stereocenters. The zero-order valence-corrected chi connectivity index (χ0v) is 12.8. The van der Waals surface area contributed by atoms with Gasteiger partial charge in [0.1, 0.15) is 18.0 Å². The summed E-state index contributed by atoms with van der Waals surface area (Å²) in [7, 11) is 6.11. The van der Waals surface area contributed by atoms with E-state index in [1.165, 1.54) is 6.42 Å². The molecule has 0 fully saturated rings. The summed E-state index contributed by atoms with van der Waals surface area (Å²) in [4.78, 5) is 10.9. The molecule has 0 bridgehead atoms. The molecule has 0 aliphatic rings. The topological polar surface area (TPSA) is 53.1 Å². The maximum absolute atomic E-state index is 4.37. The van der Waals surface area contributed by atoms with Gasteiger partial charge in [0.25, 0.3) is 0 Å². The number of anilines is 2. The van der Waals surface area contributed by atoms with E-state index in [1.807, 2.05) is 7.05 Å². The van der Waals surface area contributed by atoms with Crippen molar-refractivity contribution in [1.82, 2.24) is 14.9 Å². The van der Waals surface area contributed by atoms with Crippen LogP contribution in [0.2, 0.25) is 0 Å². The van der Waals surface area contributed by atoms with Crippen LogP contribution in [-0.4, -0.2) is 49.1 Å². The van der Waals surface area contributed by atoms with Crippen molar-refractivity contribution in [2.45, 2.75) is 32.6 Å². The van der Waals surface area contributed by atoms with E-state index in [1.54, 1.807) is 6.33 Å². The van der Waals surface area contributed by atoms with Gasteiger partial charge in [0, 0.05) is 19.2 Å². The Labute approximate surface area is 116 Å². The number of rotatable bonds is 8. The highest BCUT2D eigenvalue weighted by Gasteiger charge is 2.13. The summed E-state index contributed by atoms with van der Waals surface area (Å²) in [5.74, 6) is 2.27. The van der Waals surface area contributed by atoms with Crippen LogP contribution in [0, 0.1) is 0 Å². The summed E-state index contributed by atoms with van der Waals surface area (Å²) in [5, 5.41) is 6.57. The number of hydrogen-bond donors (Lipinski definition) is 2. The van der Waals surface area contributed by atoms with Gasteiger partial charge in [-0.2, -0.15) is 0 Å². The zero-order chi connectivity index (χ0) is 14.3. The molecular formula is C14H27N5.